The van der Waals surface area contributed by atoms with E-state index >= 15 is 0 Å². The second-order valence-electron chi connectivity index (χ2n) is 7.78. The number of nitrogens with one attached hydrogen (secondary N) is 2. The average Bonchev–Trinajstić information content (AvgIpc) is 3.50. The minimum Gasteiger partial charge on any atom is -0.352 e. The molecule has 1 aromatic carbocycles. The van der Waals surface area contributed by atoms with Crippen molar-refractivity contribution in [2.24, 2.45) is 7.05 Å². The second kappa shape index (κ2) is 6.84. The van der Waals surface area contributed by atoms with E-state index in [2.05, 4.69) is 30.1 Å². The predicted octanol–water partition coefficient (Wildman–Crippen LogP) is 5.02. The van der Waals surface area contributed by atoms with E-state index in [1.54, 1.807) is 24.7 Å². The predicted molar refractivity (Wildman–Crippen MR) is 121 cm³/mol. The molecule has 8 heteroatoms. The summed E-state index contributed by atoms with van der Waals surface area (Å²) in [6, 6.07) is 10.6. The molecule has 5 aromatic heterocycles. The molecule has 0 unspecified atom stereocenters. The molecule has 2 N–H and O–H groups in total. The maximum absolute atomic E-state index is 13.8. The van der Waals surface area contributed by atoms with Crippen molar-refractivity contribution in [3.05, 3.63) is 72.8 Å². The molecule has 0 saturated heterocycles. The van der Waals surface area contributed by atoms with Gasteiger partial charge in [0, 0.05) is 29.6 Å². The highest BCUT2D eigenvalue weighted by Crippen LogP contribution is 2.34. The second-order valence-corrected chi connectivity index (χ2v) is 7.78. The summed E-state index contributed by atoms with van der Waals surface area (Å²) in [4.78, 5) is 16.7. The van der Waals surface area contributed by atoms with E-state index in [1.807, 2.05) is 42.9 Å². The minimum absolute atomic E-state index is 0.279. The maximum atomic E-state index is 13.8. The van der Waals surface area contributed by atoms with Crippen LogP contribution in [0, 0.1) is 12.7 Å². The van der Waals surface area contributed by atoms with Crippen molar-refractivity contribution in [2.45, 2.75) is 6.92 Å². The summed E-state index contributed by atoms with van der Waals surface area (Å²) in [6.45, 7) is 1.96. The van der Waals surface area contributed by atoms with Crippen molar-refractivity contribution in [3.8, 4) is 33.9 Å². The molecule has 6 rings (SSSR count). The first-order valence-corrected chi connectivity index (χ1v) is 10.1. The molecule has 0 aliphatic carbocycles. The Hall–Kier alpha value is -4.33. The Morgan fingerprint density at radius 2 is 1.84 bits per heavy atom. The Bertz CT molecular complexity index is 1620. The van der Waals surface area contributed by atoms with Crippen LogP contribution in [0.4, 0.5) is 4.39 Å². The molecule has 32 heavy (non-hydrogen) atoms. The summed E-state index contributed by atoms with van der Waals surface area (Å²) in [7, 11) is 1.97. The van der Waals surface area contributed by atoms with Crippen LogP contribution in [-0.4, -0.2) is 34.7 Å². The lowest BCUT2D eigenvalue weighted by molar-refractivity contribution is 0.628. The van der Waals surface area contributed by atoms with Gasteiger partial charge in [0.25, 0.3) is 0 Å². The summed E-state index contributed by atoms with van der Waals surface area (Å²) >= 11 is 0. The van der Waals surface area contributed by atoms with Gasteiger partial charge in [0.1, 0.15) is 17.3 Å². The minimum atomic E-state index is -0.279. The van der Waals surface area contributed by atoms with Crippen molar-refractivity contribution in [1.29, 1.82) is 0 Å². The Balaban J connectivity index is 1.52. The average molecular weight is 423 g/mol. The first-order chi connectivity index (χ1) is 15.6. The lowest BCUT2D eigenvalue weighted by atomic mass is 10.0. The fraction of sp³-hybridized carbons (Fsp3) is 0.0833. The number of pyridine rings is 2. The van der Waals surface area contributed by atoms with E-state index in [-0.39, 0.29) is 5.82 Å². The monoisotopic (exact) mass is 423 g/mol. The highest BCUT2D eigenvalue weighted by atomic mass is 19.1. The van der Waals surface area contributed by atoms with Gasteiger partial charge < -0.3 is 9.55 Å². The third kappa shape index (κ3) is 2.80. The highest BCUT2D eigenvalue weighted by molar-refractivity contribution is 6.01. The first-order valence-electron chi connectivity index (χ1n) is 10.1. The smallest absolute Gasteiger partial charge is 0.123 e. The number of hydrogen-bond donors (Lipinski definition) is 2. The van der Waals surface area contributed by atoms with Crippen LogP contribution in [0.1, 0.15) is 5.82 Å². The van der Waals surface area contributed by atoms with Gasteiger partial charge in [0.15, 0.2) is 0 Å². The topological polar surface area (TPSA) is 88.1 Å². The van der Waals surface area contributed by atoms with Gasteiger partial charge in [0.2, 0.25) is 0 Å². The zero-order chi connectivity index (χ0) is 21.8. The van der Waals surface area contributed by atoms with E-state index in [0.29, 0.717) is 0 Å². The third-order valence-corrected chi connectivity index (χ3v) is 5.87. The fourth-order valence-electron chi connectivity index (χ4n) is 4.07. The SMILES string of the molecule is Cc1ncc(-c2cc3c(-c4cc5c(-c6cccc(F)c6)cncc5[nH]4)n[nH]c3cn2)n1C. The molecule has 5 heterocycles. The van der Waals surface area contributed by atoms with Crippen LogP contribution in [0.2, 0.25) is 0 Å². The fourth-order valence-corrected chi connectivity index (χ4v) is 4.07. The number of fused-ring (bicyclic) bond motifs is 2. The summed E-state index contributed by atoms with van der Waals surface area (Å²) in [5, 5.41) is 9.50. The van der Waals surface area contributed by atoms with E-state index in [0.717, 1.165) is 61.5 Å². The first kappa shape index (κ1) is 18.4. The van der Waals surface area contributed by atoms with Crippen LogP contribution in [0.15, 0.2) is 61.2 Å². The van der Waals surface area contributed by atoms with Crippen molar-refractivity contribution >= 4 is 21.8 Å². The van der Waals surface area contributed by atoms with Gasteiger partial charge in [-0.05, 0) is 36.8 Å². The summed E-state index contributed by atoms with van der Waals surface area (Å²) in [6.07, 6.45) is 7.13. The Labute approximate surface area is 182 Å². The molecule has 0 aliphatic heterocycles. The highest BCUT2D eigenvalue weighted by Gasteiger charge is 2.16. The van der Waals surface area contributed by atoms with Gasteiger partial charge >= 0.3 is 0 Å². The zero-order valence-electron chi connectivity index (χ0n) is 17.4. The molecule has 0 aliphatic rings. The van der Waals surface area contributed by atoms with Crippen molar-refractivity contribution in [1.82, 2.24) is 34.7 Å². The molecule has 6 aromatic rings. The molecule has 0 amide bonds. The molecule has 0 radical (unpaired) electrons. The molecule has 0 bridgehead atoms. The van der Waals surface area contributed by atoms with Gasteiger partial charge in [-0.15, -0.1) is 0 Å². The number of halogens is 1. The standard InChI is InChI=1S/C24H18FN7/c1-13-27-12-23(32(13)2)19-8-17-22(11-28-19)30-31-24(17)20-7-16-18(9-26-10-21(16)29-20)14-4-3-5-15(25)6-14/h3-12,29H,1-2H3,(H,30,31). The van der Waals surface area contributed by atoms with Gasteiger partial charge in [-0.1, -0.05) is 12.1 Å². The molecule has 0 atom stereocenters. The number of nitrogens with zero attached hydrogens (tertiary/aromatic N) is 5. The van der Waals surface area contributed by atoms with Crippen LogP contribution in [0.3, 0.4) is 0 Å². The van der Waals surface area contributed by atoms with Crippen LogP contribution in [0.5, 0.6) is 0 Å². The number of aromatic amines is 2. The van der Waals surface area contributed by atoms with Crippen LogP contribution in [-0.2, 0) is 7.05 Å². The number of H-pyrrole nitrogens is 2. The number of hydrogen-bond acceptors (Lipinski definition) is 4. The maximum Gasteiger partial charge on any atom is 0.123 e. The van der Waals surface area contributed by atoms with E-state index < -0.39 is 0 Å². The van der Waals surface area contributed by atoms with E-state index in [1.165, 1.54) is 12.1 Å². The van der Waals surface area contributed by atoms with Crippen molar-refractivity contribution in [3.63, 3.8) is 0 Å². The van der Waals surface area contributed by atoms with Gasteiger partial charge in [-0.2, -0.15) is 5.10 Å². The number of aromatic nitrogens is 7. The van der Waals surface area contributed by atoms with E-state index in [4.69, 9.17) is 0 Å². The zero-order valence-corrected chi connectivity index (χ0v) is 17.4. The summed E-state index contributed by atoms with van der Waals surface area (Å²) in [5.74, 6) is 0.640. The molecule has 0 spiro atoms. The van der Waals surface area contributed by atoms with Crippen LogP contribution < -0.4 is 0 Å². The Morgan fingerprint density at radius 3 is 2.66 bits per heavy atom. The lowest BCUT2D eigenvalue weighted by Gasteiger charge is -2.03. The van der Waals surface area contributed by atoms with Crippen molar-refractivity contribution < 1.29 is 4.39 Å². The molecule has 7 nitrogen and oxygen atoms in total. The van der Waals surface area contributed by atoms with E-state index in [9.17, 15) is 4.39 Å². The van der Waals surface area contributed by atoms with Gasteiger partial charge in [-0.3, -0.25) is 15.1 Å². The molecule has 156 valence electrons. The number of benzene rings is 1. The number of rotatable bonds is 3. The normalized spacial score (nSPS) is 11.6. The molecular formula is C24H18FN7. The van der Waals surface area contributed by atoms with Gasteiger partial charge in [0.05, 0.1) is 46.7 Å². The summed E-state index contributed by atoms with van der Waals surface area (Å²) < 4.78 is 15.8. The van der Waals surface area contributed by atoms with Crippen molar-refractivity contribution in [2.75, 3.05) is 0 Å². The quantitative estimate of drug-likeness (QED) is 0.419. The molecule has 0 fully saturated rings. The van der Waals surface area contributed by atoms with Gasteiger partial charge in [-0.25, -0.2) is 9.37 Å². The molecular weight excluding hydrogens is 405 g/mol. The number of imidazole rings is 1. The lowest BCUT2D eigenvalue weighted by Crippen LogP contribution is -1.95. The Kier molecular flexibility index (Phi) is 3.94. The number of aryl methyl sites for hydroxylation is 1. The van der Waals surface area contributed by atoms with Crippen LogP contribution >= 0.6 is 0 Å². The summed E-state index contributed by atoms with van der Waals surface area (Å²) in [5.41, 5.74) is 6.71. The Morgan fingerprint density at radius 1 is 0.938 bits per heavy atom. The third-order valence-electron chi connectivity index (χ3n) is 5.87. The van der Waals surface area contributed by atoms with Crippen LogP contribution in [0.25, 0.3) is 55.7 Å². The largest absolute Gasteiger partial charge is 0.352 e. The molecule has 0 saturated carbocycles.